The molecule has 0 fully saturated rings. The second kappa shape index (κ2) is 6.87. The first-order chi connectivity index (χ1) is 7.22. The first-order valence-corrected chi connectivity index (χ1v) is 6.26. The largest absolute Gasteiger partial charge is 0.395 e. The van der Waals surface area contributed by atoms with Crippen LogP contribution in [0.5, 0.6) is 0 Å². The van der Waals surface area contributed by atoms with Crippen molar-refractivity contribution in [2.24, 2.45) is 0 Å². The molecule has 1 amide bonds. The Kier molecular flexibility index (Phi) is 5.75. The molecular weight excluding hydrogens is 278 g/mol. The van der Waals surface area contributed by atoms with Crippen molar-refractivity contribution in [2.45, 2.75) is 4.90 Å². The standard InChI is InChI=1S/C10H12BrNO2S/c11-8-2-1-3-9(6-8)15-7-10(14)12-4-5-13/h1-3,6,13H,4-5,7H2,(H,12,14). The molecule has 5 heteroatoms. The summed E-state index contributed by atoms with van der Waals surface area (Å²) in [5.41, 5.74) is 0. The van der Waals surface area contributed by atoms with Crippen LogP contribution < -0.4 is 5.32 Å². The molecule has 2 N–H and O–H groups in total. The fourth-order valence-corrected chi connectivity index (χ4v) is 2.29. The zero-order valence-electron chi connectivity index (χ0n) is 8.07. The minimum atomic E-state index is -0.0611. The van der Waals surface area contributed by atoms with Gasteiger partial charge in [-0.25, -0.2) is 0 Å². The molecule has 0 aromatic heterocycles. The lowest BCUT2D eigenvalue weighted by atomic mass is 10.4. The van der Waals surface area contributed by atoms with E-state index in [4.69, 9.17) is 5.11 Å². The molecule has 0 heterocycles. The monoisotopic (exact) mass is 289 g/mol. The number of amides is 1. The van der Waals surface area contributed by atoms with Crippen LogP contribution in [0.3, 0.4) is 0 Å². The highest BCUT2D eigenvalue weighted by Crippen LogP contribution is 2.21. The molecule has 1 rings (SSSR count). The zero-order valence-corrected chi connectivity index (χ0v) is 10.5. The highest BCUT2D eigenvalue weighted by atomic mass is 79.9. The zero-order chi connectivity index (χ0) is 11.1. The van der Waals surface area contributed by atoms with E-state index >= 15 is 0 Å². The second-order valence-electron chi connectivity index (χ2n) is 2.82. The molecule has 0 bridgehead atoms. The van der Waals surface area contributed by atoms with Crippen LogP contribution >= 0.6 is 27.7 Å². The van der Waals surface area contributed by atoms with Crippen LogP contribution in [-0.2, 0) is 4.79 Å². The molecule has 15 heavy (non-hydrogen) atoms. The highest BCUT2D eigenvalue weighted by Gasteiger charge is 2.01. The molecule has 82 valence electrons. The fraction of sp³-hybridized carbons (Fsp3) is 0.300. The summed E-state index contributed by atoms with van der Waals surface area (Å²) in [5.74, 6) is 0.310. The number of hydrogen-bond donors (Lipinski definition) is 2. The molecule has 1 aromatic carbocycles. The molecule has 0 atom stereocenters. The average molecular weight is 290 g/mol. The number of benzene rings is 1. The number of aliphatic hydroxyl groups excluding tert-OH is 1. The predicted molar refractivity (Wildman–Crippen MR) is 65.0 cm³/mol. The van der Waals surface area contributed by atoms with Gasteiger partial charge in [0, 0.05) is 15.9 Å². The van der Waals surface area contributed by atoms with Crippen molar-refractivity contribution >= 4 is 33.6 Å². The van der Waals surface area contributed by atoms with Crippen LogP contribution in [0.15, 0.2) is 33.6 Å². The smallest absolute Gasteiger partial charge is 0.230 e. The molecular formula is C10H12BrNO2S. The molecule has 0 saturated heterocycles. The van der Waals surface area contributed by atoms with Crippen LogP contribution in [0, 0.1) is 0 Å². The minimum Gasteiger partial charge on any atom is -0.395 e. The van der Waals surface area contributed by atoms with Crippen molar-refractivity contribution in [3.8, 4) is 0 Å². The van der Waals surface area contributed by atoms with Crippen molar-refractivity contribution in [1.82, 2.24) is 5.32 Å². The Balaban J connectivity index is 2.33. The molecule has 0 unspecified atom stereocenters. The summed E-state index contributed by atoms with van der Waals surface area (Å²) in [4.78, 5) is 12.3. The van der Waals surface area contributed by atoms with Crippen LogP contribution in [0.2, 0.25) is 0 Å². The quantitative estimate of drug-likeness (QED) is 0.811. The summed E-state index contributed by atoms with van der Waals surface area (Å²) in [6.45, 7) is 0.297. The number of aliphatic hydroxyl groups is 1. The van der Waals surface area contributed by atoms with Crippen LogP contribution in [0.4, 0.5) is 0 Å². The third-order valence-corrected chi connectivity index (χ3v) is 3.09. The van der Waals surface area contributed by atoms with E-state index in [9.17, 15) is 4.79 Å². The summed E-state index contributed by atoms with van der Waals surface area (Å²) in [7, 11) is 0. The Morgan fingerprint density at radius 1 is 1.53 bits per heavy atom. The fourth-order valence-electron chi connectivity index (χ4n) is 0.952. The van der Waals surface area contributed by atoms with E-state index in [0.29, 0.717) is 12.3 Å². The topological polar surface area (TPSA) is 49.3 Å². The Bertz CT molecular complexity index is 333. The molecule has 0 aliphatic carbocycles. The number of carbonyl (C=O) groups is 1. The number of carbonyl (C=O) groups excluding carboxylic acids is 1. The van der Waals surface area contributed by atoms with Crippen LogP contribution in [-0.4, -0.2) is 29.9 Å². The molecule has 3 nitrogen and oxygen atoms in total. The van der Waals surface area contributed by atoms with Gasteiger partial charge in [0.25, 0.3) is 0 Å². The summed E-state index contributed by atoms with van der Waals surface area (Å²) < 4.78 is 1.00. The maximum absolute atomic E-state index is 11.2. The van der Waals surface area contributed by atoms with Gasteiger partial charge in [-0.2, -0.15) is 0 Å². The third-order valence-electron chi connectivity index (χ3n) is 1.60. The maximum atomic E-state index is 11.2. The number of halogens is 1. The van der Waals surface area contributed by atoms with E-state index in [0.717, 1.165) is 9.37 Å². The van der Waals surface area contributed by atoms with Gasteiger partial charge in [-0.15, -0.1) is 11.8 Å². The molecule has 0 spiro atoms. The lowest BCUT2D eigenvalue weighted by molar-refractivity contribution is -0.118. The van der Waals surface area contributed by atoms with Crippen LogP contribution in [0.25, 0.3) is 0 Å². The van der Waals surface area contributed by atoms with Gasteiger partial charge in [-0.05, 0) is 18.2 Å². The predicted octanol–water partition coefficient (Wildman–Crippen LogP) is 1.65. The maximum Gasteiger partial charge on any atom is 0.230 e. The average Bonchev–Trinajstić information content (AvgIpc) is 2.23. The molecule has 1 aromatic rings. The van der Waals surface area contributed by atoms with Gasteiger partial charge in [0.1, 0.15) is 0 Å². The number of thioether (sulfide) groups is 1. The number of rotatable bonds is 5. The summed E-state index contributed by atoms with van der Waals surface area (Å²) in [5, 5.41) is 11.1. The summed E-state index contributed by atoms with van der Waals surface area (Å²) in [6, 6.07) is 7.78. The second-order valence-corrected chi connectivity index (χ2v) is 4.78. The molecule has 0 aliphatic rings. The van der Waals surface area contributed by atoms with Crippen LogP contribution in [0.1, 0.15) is 0 Å². The molecule has 0 saturated carbocycles. The summed E-state index contributed by atoms with van der Waals surface area (Å²) >= 11 is 4.83. The van der Waals surface area contributed by atoms with E-state index in [1.165, 1.54) is 11.8 Å². The third kappa shape index (κ3) is 5.20. The number of hydrogen-bond acceptors (Lipinski definition) is 3. The molecule has 0 radical (unpaired) electrons. The van der Waals surface area contributed by atoms with E-state index in [1.807, 2.05) is 24.3 Å². The normalized spacial score (nSPS) is 10.0. The Hall–Kier alpha value is -0.520. The van der Waals surface area contributed by atoms with Gasteiger partial charge in [-0.3, -0.25) is 4.79 Å². The lowest BCUT2D eigenvalue weighted by Crippen LogP contribution is -2.27. The Morgan fingerprint density at radius 2 is 2.33 bits per heavy atom. The van der Waals surface area contributed by atoms with Crippen molar-refractivity contribution in [2.75, 3.05) is 18.9 Å². The van der Waals surface area contributed by atoms with Gasteiger partial charge in [0.2, 0.25) is 5.91 Å². The van der Waals surface area contributed by atoms with Crippen molar-refractivity contribution < 1.29 is 9.90 Å². The molecule has 0 aliphatic heterocycles. The van der Waals surface area contributed by atoms with Gasteiger partial charge in [0.05, 0.1) is 12.4 Å². The first kappa shape index (κ1) is 12.5. The van der Waals surface area contributed by atoms with Crippen molar-refractivity contribution in [1.29, 1.82) is 0 Å². The Morgan fingerprint density at radius 3 is 3.00 bits per heavy atom. The lowest BCUT2D eigenvalue weighted by Gasteiger charge is -2.03. The van der Waals surface area contributed by atoms with Gasteiger partial charge >= 0.3 is 0 Å². The summed E-state index contributed by atoms with van der Waals surface area (Å²) in [6.07, 6.45) is 0. The van der Waals surface area contributed by atoms with E-state index in [1.54, 1.807) is 0 Å². The van der Waals surface area contributed by atoms with E-state index in [-0.39, 0.29) is 12.5 Å². The van der Waals surface area contributed by atoms with Crippen molar-refractivity contribution in [3.63, 3.8) is 0 Å². The highest BCUT2D eigenvalue weighted by molar-refractivity contribution is 9.10. The SMILES string of the molecule is O=C(CSc1cccc(Br)c1)NCCO. The Labute approximate surface area is 101 Å². The number of nitrogens with one attached hydrogen (secondary N) is 1. The van der Waals surface area contributed by atoms with Gasteiger partial charge < -0.3 is 10.4 Å². The van der Waals surface area contributed by atoms with E-state index in [2.05, 4.69) is 21.2 Å². The van der Waals surface area contributed by atoms with E-state index < -0.39 is 0 Å². The van der Waals surface area contributed by atoms with Gasteiger partial charge in [0.15, 0.2) is 0 Å². The van der Waals surface area contributed by atoms with Gasteiger partial charge in [-0.1, -0.05) is 22.0 Å². The first-order valence-electron chi connectivity index (χ1n) is 4.48. The minimum absolute atomic E-state index is 0.0205. The van der Waals surface area contributed by atoms with Crippen molar-refractivity contribution in [3.05, 3.63) is 28.7 Å².